The van der Waals surface area contributed by atoms with E-state index in [0.29, 0.717) is 48.8 Å². The number of Topliss-reactive ketones (excluding diaryl/α,β-unsaturated/α-hetero) is 1. The number of ketones is 1. The summed E-state index contributed by atoms with van der Waals surface area (Å²) in [4.78, 5) is 42.0. The van der Waals surface area contributed by atoms with Gasteiger partial charge in [0.15, 0.2) is 5.78 Å². The number of hydrogen-bond donors (Lipinski definition) is 0. The maximum absolute atomic E-state index is 13.2. The van der Waals surface area contributed by atoms with Crippen LogP contribution in [0.15, 0.2) is 42.5 Å². The smallest absolute Gasteiger partial charge is 0.228 e. The Balaban J connectivity index is 1.22. The fourth-order valence-corrected chi connectivity index (χ4v) is 5.19. The van der Waals surface area contributed by atoms with Gasteiger partial charge in [-0.3, -0.25) is 14.4 Å². The molecule has 3 heterocycles. The first-order chi connectivity index (χ1) is 15.9. The van der Waals surface area contributed by atoms with Crippen molar-refractivity contribution in [3.8, 4) is 11.5 Å². The van der Waals surface area contributed by atoms with Crippen molar-refractivity contribution >= 4 is 34.9 Å². The van der Waals surface area contributed by atoms with Gasteiger partial charge in [0, 0.05) is 49.6 Å². The Kier molecular flexibility index (Phi) is 5.52. The van der Waals surface area contributed by atoms with Crippen molar-refractivity contribution in [2.24, 2.45) is 5.92 Å². The van der Waals surface area contributed by atoms with Crippen molar-refractivity contribution in [1.82, 2.24) is 4.90 Å². The van der Waals surface area contributed by atoms with Gasteiger partial charge in [-0.2, -0.15) is 0 Å². The molecule has 0 aliphatic carbocycles. The summed E-state index contributed by atoms with van der Waals surface area (Å²) in [5.41, 5.74) is 0.700. The third-order valence-electron chi connectivity index (χ3n) is 6.90. The molecule has 0 N–H and O–H groups in total. The fraction of sp³-hybridized carbons (Fsp3) is 0.400. The summed E-state index contributed by atoms with van der Waals surface area (Å²) in [6, 6.07) is 12.4. The first kappa shape index (κ1) is 21.8. The topological polar surface area (TPSA) is 76.2 Å². The molecule has 2 aromatic rings. The number of amides is 2. The number of carbonyl (C=O) groups excluding carboxylic acids is 3. The van der Waals surface area contributed by atoms with Crippen molar-refractivity contribution in [3.63, 3.8) is 0 Å². The number of benzene rings is 2. The van der Waals surface area contributed by atoms with Gasteiger partial charge in [-0.25, -0.2) is 0 Å². The van der Waals surface area contributed by atoms with Crippen LogP contribution in [0.2, 0.25) is 5.02 Å². The Hall–Kier alpha value is -3.06. The van der Waals surface area contributed by atoms with E-state index < -0.39 is 5.60 Å². The van der Waals surface area contributed by atoms with Gasteiger partial charge in [0.25, 0.3) is 0 Å². The Labute approximate surface area is 197 Å². The number of piperidine rings is 1. The molecule has 5 rings (SSSR count). The molecule has 2 aromatic carbocycles. The molecule has 1 spiro atoms. The number of anilines is 1. The Morgan fingerprint density at radius 1 is 1.12 bits per heavy atom. The normalized spacial score (nSPS) is 21.7. The monoisotopic (exact) mass is 468 g/mol. The summed E-state index contributed by atoms with van der Waals surface area (Å²) in [7, 11) is 1.59. The first-order valence-electron chi connectivity index (χ1n) is 11.1. The van der Waals surface area contributed by atoms with Crippen LogP contribution in [-0.2, 0) is 9.59 Å². The number of methoxy groups -OCH3 is 1. The first-order valence-corrected chi connectivity index (χ1v) is 11.5. The van der Waals surface area contributed by atoms with Crippen molar-refractivity contribution in [2.45, 2.75) is 31.3 Å². The van der Waals surface area contributed by atoms with Crippen LogP contribution in [0.3, 0.4) is 0 Å². The summed E-state index contributed by atoms with van der Waals surface area (Å²) in [5, 5.41) is 0.511. The maximum Gasteiger partial charge on any atom is 0.228 e. The Bertz CT molecular complexity index is 1110. The zero-order chi connectivity index (χ0) is 23.2. The molecule has 3 aliphatic heterocycles. The molecule has 0 radical (unpaired) electrons. The molecule has 2 saturated heterocycles. The molecule has 8 heteroatoms. The lowest BCUT2D eigenvalue weighted by Gasteiger charge is -2.44. The van der Waals surface area contributed by atoms with Crippen LogP contribution in [0, 0.1) is 5.92 Å². The third-order valence-corrected chi connectivity index (χ3v) is 7.13. The lowest BCUT2D eigenvalue weighted by atomic mass is 9.82. The predicted octanol–water partition coefficient (Wildman–Crippen LogP) is 3.73. The second-order valence-corrected chi connectivity index (χ2v) is 9.39. The largest absolute Gasteiger partial charge is 0.497 e. The van der Waals surface area contributed by atoms with Gasteiger partial charge in [-0.05, 0) is 42.5 Å². The predicted molar refractivity (Wildman–Crippen MR) is 123 cm³/mol. The molecule has 0 saturated carbocycles. The van der Waals surface area contributed by atoms with E-state index in [2.05, 4.69) is 0 Å². The van der Waals surface area contributed by atoms with Gasteiger partial charge < -0.3 is 19.3 Å². The number of halogens is 1. The van der Waals surface area contributed by atoms with Gasteiger partial charge in [0.05, 0.1) is 25.0 Å². The summed E-state index contributed by atoms with van der Waals surface area (Å²) in [6.07, 6.45) is 1.65. The summed E-state index contributed by atoms with van der Waals surface area (Å²) in [6.45, 7) is 1.37. The van der Waals surface area contributed by atoms with E-state index in [1.807, 2.05) is 17.0 Å². The standard InChI is InChI=1S/C25H25ClN2O5/c1-32-19-5-3-18(4-6-19)28-15-16(12-23(28)30)24(31)27-10-8-25(9-11-27)14-21(29)20-13-17(26)2-7-22(20)33-25/h2-7,13,16H,8-12,14-15H2,1H3. The number of nitrogens with zero attached hydrogens (tertiary/aromatic N) is 2. The SMILES string of the molecule is COc1ccc(N2CC(C(=O)N3CCC4(CC3)CC(=O)c3cc(Cl)ccc3O4)CC2=O)cc1. The van der Waals surface area contributed by atoms with E-state index in [4.69, 9.17) is 21.1 Å². The average Bonchev–Trinajstić information content (AvgIpc) is 3.21. The van der Waals surface area contributed by atoms with E-state index in [1.54, 1.807) is 42.3 Å². The minimum absolute atomic E-state index is 0.0106. The molecular weight excluding hydrogens is 444 g/mol. The van der Waals surface area contributed by atoms with Crippen LogP contribution in [0.25, 0.3) is 0 Å². The molecule has 2 amide bonds. The second-order valence-electron chi connectivity index (χ2n) is 8.95. The average molecular weight is 469 g/mol. The van der Waals surface area contributed by atoms with E-state index in [1.165, 1.54) is 0 Å². The van der Waals surface area contributed by atoms with Crippen molar-refractivity contribution in [3.05, 3.63) is 53.1 Å². The zero-order valence-corrected chi connectivity index (χ0v) is 19.1. The van der Waals surface area contributed by atoms with Crippen LogP contribution in [0.1, 0.15) is 36.0 Å². The van der Waals surface area contributed by atoms with Gasteiger partial charge in [0.1, 0.15) is 17.1 Å². The molecule has 0 aromatic heterocycles. The van der Waals surface area contributed by atoms with Crippen LogP contribution >= 0.6 is 11.6 Å². The van der Waals surface area contributed by atoms with E-state index in [9.17, 15) is 14.4 Å². The highest BCUT2D eigenvalue weighted by atomic mass is 35.5. The second kappa shape index (κ2) is 8.37. The number of rotatable bonds is 3. The van der Waals surface area contributed by atoms with Crippen molar-refractivity contribution in [1.29, 1.82) is 0 Å². The number of hydrogen-bond acceptors (Lipinski definition) is 5. The van der Waals surface area contributed by atoms with Gasteiger partial charge >= 0.3 is 0 Å². The molecule has 172 valence electrons. The highest BCUT2D eigenvalue weighted by molar-refractivity contribution is 6.31. The van der Waals surface area contributed by atoms with E-state index in [0.717, 1.165) is 11.4 Å². The van der Waals surface area contributed by atoms with Crippen LogP contribution < -0.4 is 14.4 Å². The number of carbonyl (C=O) groups is 3. The molecule has 0 bridgehead atoms. The van der Waals surface area contributed by atoms with E-state index >= 15 is 0 Å². The van der Waals surface area contributed by atoms with Gasteiger partial charge in [-0.1, -0.05) is 11.6 Å². The molecule has 3 aliphatic rings. The number of ether oxygens (including phenoxy) is 2. The minimum atomic E-state index is -0.588. The molecule has 7 nitrogen and oxygen atoms in total. The van der Waals surface area contributed by atoms with Crippen molar-refractivity contribution in [2.75, 3.05) is 31.6 Å². The van der Waals surface area contributed by atoms with E-state index in [-0.39, 0.29) is 36.4 Å². The summed E-state index contributed by atoms with van der Waals surface area (Å²) in [5.74, 6) is 0.869. The van der Waals surface area contributed by atoms with Gasteiger partial charge in [-0.15, -0.1) is 0 Å². The lowest BCUT2D eigenvalue weighted by molar-refractivity contribution is -0.139. The quantitative estimate of drug-likeness (QED) is 0.686. The molecule has 1 atom stereocenters. The number of likely N-dealkylation sites (tertiary alicyclic amines) is 1. The highest BCUT2D eigenvalue weighted by Crippen LogP contribution is 2.40. The molecule has 1 unspecified atom stereocenters. The van der Waals surface area contributed by atoms with Crippen LogP contribution in [-0.4, -0.2) is 54.8 Å². The van der Waals surface area contributed by atoms with Crippen molar-refractivity contribution < 1.29 is 23.9 Å². The lowest BCUT2D eigenvalue weighted by Crippen LogP contribution is -2.53. The fourth-order valence-electron chi connectivity index (χ4n) is 5.02. The summed E-state index contributed by atoms with van der Waals surface area (Å²) < 4.78 is 11.4. The van der Waals surface area contributed by atoms with Crippen LogP contribution in [0.4, 0.5) is 5.69 Å². The zero-order valence-electron chi connectivity index (χ0n) is 18.4. The number of fused-ring (bicyclic) bond motifs is 1. The van der Waals surface area contributed by atoms with Crippen LogP contribution in [0.5, 0.6) is 11.5 Å². The molecule has 33 heavy (non-hydrogen) atoms. The maximum atomic E-state index is 13.2. The Morgan fingerprint density at radius 2 is 1.85 bits per heavy atom. The highest BCUT2D eigenvalue weighted by Gasteiger charge is 2.45. The summed E-state index contributed by atoms with van der Waals surface area (Å²) >= 11 is 6.02. The minimum Gasteiger partial charge on any atom is -0.497 e. The molecular formula is C25H25ClN2O5. The Morgan fingerprint density at radius 3 is 2.55 bits per heavy atom. The molecule has 2 fully saturated rings. The van der Waals surface area contributed by atoms with Gasteiger partial charge in [0.2, 0.25) is 11.8 Å². The third kappa shape index (κ3) is 4.06.